The minimum atomic E-state index is -0.609. The number of ether oxygens (including phenoxy) is 2. The first-order valence-corrected chi connectivity index (χ1v) is 14.4. The lowest BCUT2D eigenvalue weighted by Crippen LogP contribution is -2.45. The fourth-order valence-electron chi connectivity index (χ4n) is 5.30. The minimum Gasteiger partial charge on any atom is -0.483 e. The van der Waals surface area contributed by atoms with Crippen molar-refractivity contribution < 1.29 is 19.1 Å². The van der Waals surface area contributed by atoms with Crippen molar-refractivity contribution in [3.05, 3.63) is 107 Å². The quantitative estimate of drug-likeness (QED) is 0.107. The molecule has 3 N–H and O–H groups in total. The third kappa shape index (κ3) is 6.29. The number of nitrogens with one attached hydrogen (secondary N) is 3. The molecule has 0 aliphatic carbocycles. The summed E-state index contributed by atoms with van der Waals surface area (Å²) in [6.45, 7) is 7.54. The highest BCUT2D eigenvalue weighted by Crippen LogP contribution is 2.33. The Bertz CT molecular complexity index is 1770. The van der Waals surface area contributed by atoms with Crippen LogP contribution in [0.3, 0.4) is 0 Å². The number of esters is 1. The maximum absolute atomic E-state index is 12.8. The first kappa shape index (κ1) is 29.5. The average Bonchev–Trinajstić information content (AvgIpc) is 3.27. The summed E-state index contributed by atoms with van der Waals surface area (Å²) in [4.78, 5) is 25.5. The van der Waals surface area contributed by atoms with E-state index in [9.17, 15) is 9.59 Å². The molecule has 10 heteroatoms. The van der Waals surface area contributed by atoms with Crippen LogP contribution in [0.15, 0.2) is 89.2 Å². The Kier molecular flexibility index (Phi) is 8.87. The number of rotatable bonds is 9. The topological polar surface area (TPSA) is 106 Å². The van der Waals surface area contributed by atoms with E-state index in [1.165, 1.54) is 5.39 Å². The van der Waals surface area contributed by atoms with Gasteiger partial charge in [-0.1, -0.05) is 54.6 Å². The zero-order chi connectivity index (χ0) is 30.5. The molecule has 1 aliphatic rings. The molecule has 0 radical (unpaired) electrons. The van der Waals surface area contributed by atoms with E-state index in [1.807, 2.05) is 50.2 Å². The van der Waals surface area contributed by atoms with Crippen LogP contribution in [0.2, 0.25) is 0 Å². The molecule has 1 amide bonds. The molecule has 0 spiro atoms. The molecule has 0 saturated heterocycles. The Morgan fingerprint density at radius 2 is 1.79 bits per heavy atom. The number of fused-ring (bicyclic) bond motifs is 1. The summed E-state index contributed by atoms with van der Waals surface area (Å²) in [6.07, 6.45) is 1.63. The van der Waals surface area contributed by atoms with Crippen LogP contribution in [-0.4, -0.2) is 41.0 Å². The summed E-state index contributed by atoms with van der Waals surface area (Å²) in [6, 6.07) is 23.1. The van der Waals surface area contributed by atoms with Crippen molar-refractivity contribution in [1.29, 1.82) is 0 Å². The van der Waals surface area contributed by atoms with Gasteiger partial charge in [0.2, 0.25) is 0 Å². The summed E-state index contributed by atoms with van der Waals surface area (Å²) in [5.74, 6) is -0.466. The predicted octanol–water partition coefficient (Wildman–Crippen LogP) is 5.13. The average molecular weight is 596 g/mol. The third-order valence-corrected chi connectivity index (χ3v) is 7.44. The molecule has 1 aliphatic heterocycles. The predicted molar refractivity (Wildman–Crippen MR) is 171 cm³/mol. The van der Waals surface area contributed by atoms with Crippen LogP contribution in [0.4, 0.5) is 0 Å². The van der Waals surface area contributed by atoms with E-state index in [-0.39, 0.29) is 13.2 Å². The van der Waals surface area contributed by atoms with Crippen molar-refractivity contribution >= 4 is 46.2 Å². The van der Waals surface area contributed by atoms with Gasteiger partial charge in [-0.3, -0.25) is 4.79 Å². The number of nitrogens with zero attached hydrogens (tertiary/aromatic N) is 2. The van der Waals surface area contributed by atoms with Crippen LogP contribution < -0.4 is 20.8 Å². The fraction of sp³-hybridized carbons (Fsp3) is 0.212. The number of hydrogen-bond acceptors (Lipinski definition) is 6. The number of allylic oxidation sites excluding steroid dienone is 1. The molecule has 5 rings (SSSR count). The van der Waals surface area contributed by atoms with Gasteiger partial charge in [-0.25, -0.2) is 10.2 Å². The Morgan fingerprint density at radius 1 is 1.05 bits per heavy atom. The van der Waals surface area contributed by atoms with Crippen LogP contribution in [0.25, 0.3) is 16.5 Å². The van der Waals surface area contributed by atoms with Crippen molar-refractivity contribution in [3.63, 3.8) is 0 Å². The zero-order valence-corrected chi connectivity index (χ0v) is 25.2. The van der Waals surface area contributed by atoms with E-state index in [2.05, 4.69) is 50.0 Å². The highest BCUT2D eigenvalue weighted by Gasteiger charge is 2.32. The smallest absolute Gasteiger partial charge is 0.338 e. The van der Waals surface area contributed by atoms with Crippen LogP contribution >= 0.6 is 12.2 Å². The van der Waals surface area contributed by atoms with Crippen LogP contribution in [-0.2, 0) is 14.3 Å². The van der Waals surface area contributed by atoms with Crippen molar-refractivity contribution in [3.8, 4) is 11.4 Å². The molecule has 3 aromatic carbocycles. The van der Waals surface area contributed by atoms with Gasteiger partial charge < -0.3 is 24.7 Å². The second kappa shape index (κ2) is 12.9. The second-order valence-corrected chi connectivity index (χ2v) is 10.5. The lowest BCUT2D eigenvalue weighted by atomic mass is 9.95. The minimum absolute atomic E-state index is 0.235. The van der Waals surface area contributed by atoms with Gasteiger partial charge in [-0.2, -0.15) is 5.10 Å². The van der Waals surface area contributed by atoms with Crippen molar-refractivity contribution in [2.45, 2.75) is 33.7 Å². The normalized spacial score (nSPS) is 14.9. The highest BCUT2D eigenvalue weighted by molar-refractivity contribution is 7.80. The Balaban J connectivity index is 1.28. The van der Waals surface area contributed by atoms with Gasteiger partial charge in [0.1, 0.15) is 5.75 Å². The lowest BCUT2D eigenvalue weighted by Gasteiger charge is -2.30. The van der Waals surface area contributed by atoms with Crippen LogP contribution in [0.5, 0.6) is 5.75 Å². The van der Waals surface area contributed by atoms with Gasteiger partial charge in [0, 0.05) is 33.6 Å². The maximum atomic E-state index is 12.8. The van der Waals surface area contributed by atoms with E-state index in [1.54, 1.807) is 32.2 Å². The van der Waals surface area contributed by atoms with Crippen LogP contribution in [0, 0.1) is 13.8 Å². The van der Waals surface area contributed by atoms with E-state index in [0.29, 0.717) is 27.7 Å². The van der Waals surface area contributed by atoms with Gasteiger partial charge in [0.15, 0.2) is 11.7 Å². The summed E-state index contributed by atoms with van der Waals surface area (Å²) in [5.41, 5.74) is 8.21. The SMILES string of the molecule is CCOC(=O)C1=C(C)NC(=S)N[C@H]1c1ccccc1OCC(=O)NN=Cc1cc(C)n(-c2cccc3ccccc23)c1C. The Hall–Kier alpha value is -4.96. The number of benzene rings is 3. The largest absolute Gasteiger partial charge is 0.483 e. The first-order valence-electron chi connectivity index (χ1n) is 13.9. The van der Waals surface area contributed by atoms with E-state index >= 15 is 0 Å². The standard InChI is InChI=1S/C33H33N5O4S/c1-5-41-32(40)30-21(3)35-33(43)36-31(30)26-14-8-9-16-28(26)42-19-29(39)37-34-18-24-17-20(2)38(22(24)4)27-15-10-12-23-11-6-7-13-25(23)27/h6-18,31H,5,19H2,1-4H3,(H,37,39)(H2,35,36,43)/t31-/m0/s1. The molecule has 4 aromatic rings. The number of carbonyl (C=O) groups excluding carboxylic acids is 2. The molecular formula is C33H33N5O4S. The van der Waals surface area contributed by atoms with Crippen molar-refractivity contribution in [2.24, 2.45) is 5.10 Å². The lowest BCUT2D eigenvalue weighted by molar-refractivity contribution is -0.139. The van der Waals surface area contributed by atoms with Gasteiger partial charge in [0.05, 0.1) is 30.1 Å². The first-order chi connectivity index (χ1) is 20.8. The number of para-hydroxylation sites is 1. The summed E-state index contributed by atoms with van der Waals surface area (Å²) < 4.78 is 13.4. The molecule has 0 fully saturated rings. The Morgan fingerprint density at radius 3 is 2.60 bits per heavy atom. The van der Waals surface area contributed by atoms with Crippen molar-refractivity contribution in [1.82, 2.24) is 20.6 Å². The number of hydrogen-bond donors (Lipinski definition) is 3. The molecule has 9 nitrogen and oxygen atoms in total. The summed E-state index contributed by atoms with van der Waals surface area (Å²) in [5, 5.41) is 13.0. The molecule has 0 saturated carbocycles. The molecule has 43 heavy (non-hydrogen) atoms. The molecular weight excluding hydrogens is 562 g/mol. The summed E-state index contributed by atoms with van der Waals surface area (Å²) in [7, 11) is 0. The molecule has 0 bridgehead atoms. The number of thiocarbonyl (C=S) groups is 1. The van der Waals surface area contributed by atoms with Gasteiger partial charge in [-0.05, 0) is 63.5 Å². The van der Waals surface area contributed by atoms with Gasteiger partial charge in [0.25, 0.3) is 5.91 Å². The zero-order valence-electron chi connectivity index (χ0n) is 24.4. The van der Waals surface area contributed by atoms with E-state index < -0.39 is 17.9 Å². The van der Waals surface area contributed by atoms with E-state index in [4.69, 9.17) is 21.7 Å². The summed E-state index contributed by atoms with van der Waals surface area (Å²) >= 11 is 5.34. The fourth-order valence-corrected chi connectivity index (χ4v) is 5.57. The maximum Gasteiger partial charge on any atom is 0.338 e. The number of hydrazone groups is 1. The number of amides is 1. The number of aromatic nitrogens is 1. The monoisotopic (exact) mass is 595 g/mol. The van der Waals surface area contributed by atoms with Gasteiger partial charge in [-0.15, -0.1) is 0 Å². The van der Waals surface area contributed by atoms with Crippen LogP contribution in [0.1, 0.15) is 42.4 Å². The second-order valence-electron chi connectivity index (χ2n) is 10.1. The van der Waals surface area contributed by atoms with Gasteiger partial charge >= 0.3 is 5.97 Å². The highest BCUT2D eigenvalue weighted by atomic mass is 32.1. The number of carbonyl (C=O) groups is 2. The molecule has 1 atom stereocenters. The molecule has 220 valence electrons. The molecule has 2 heterocycles. The Labute approximate surface area is 255 Å². The number of aryl methyl sites for hydroxylation is 1. The molecule has 0 unspecified atom stereocenters. The molecule has 1 aromatic heterocycles. The van der Waals surface area contributed by atoms with E-state index in [0.717, 1.165) is 28.0 Å². The van der Waals surface area contributed by atoms with Crippen molar-refractivity contribution in [2.75, 3.05) is 13.2 Å². The third-order valence-electron chi connectivity index (χ3n) is 7.22.